The Morgan fingerprint density at radius 2 is 1.75 bits per heavy atom. The van der Waals surface area contributed by atoms with E-state index in [-0.39, 0.29) is 17.1 Å². The summed E-state index contributed by atoms with van der Waals surface area (Å²) in [6, 6.07) is 0. The van der Waals surface area contributed by atoms with Crippen molar-refractivity contribution in [3.63, 3.8) is 0 Å². The fourth-order valence-corrected chi connectivity index (χ4v) is 1.06. The molecule has 3 N–H and O–H groups in total. The van der Waals surface area contributed by atoms with Crippen molar-refractivity contribution in [2.45, 2.75) is 27.2 Å². The fourth-order valence-electron chi connectivity index (χ4n) is 1.06. The Kier molecular flexibility index (Phi) is 7.20. The van der Waals surface area contributed by atoms with Crippen LogP contribution in [0.3, 0.4) is 0 Å². The maximum Gasteiger partial charge on any atom is 0.331 e. The van der Waals surface area contributed by atoms with Crippen LogP contribution in [-0.2, 0) is 9.59 Å². The van der Waals surface area contributed by atoms with E-state index in [1.54, 1.807) is 0 Å². The van der Waals surface area contributed by atoms with E-state index in [0.717, 1.165) is 19.5 Å². The largest absolute Gasteiger partial charge is 0.478 e. The first-order chi connectivity index (χ1) is 7.50. The van der Waals surface area contributed by atoms with Crippen LogP contribution in [-0.4, -0.2) is 36.6 Å². The molecule has 0 saturated heterocycles. The van der Waals surface area contributed by atoms with Crippen LogP contribution in [0.25, 0.3) is 0 Å². The maximum atomic E-state index is 11.5. The lowest BCUT2D eigenvalue weighted by atomic mass is 10.1. The maximum absolute atomic E-state index is 11.5. The van der Waals surface area contributed by atoms with E-state index in [4.69, 9.17) is 5.11 Å². The van der Waals surface area contributed by atoms with E-state index in [1.165, 1.54) is 13.8 Å². The van der Waals surface area contributed by atoms with Crippen LogP contribution in [0.2, 0.25) is 0 Å². The molecule has 0 radical (unpaired) electrons. The third-order valence-electron chi connectivity index (χ3n) is 2.29. The first-order valence-electron chi connectivity index (χ1n) is 5.40. The minimum atomic E-state index is -1.06. The second-order valence-corrected chi connectivity index (χ2v) is 3.52. The number of aliphatic carboxylic acids is 1. The van der Waals surface area contributed by atoms with Crippen molar-refractivity contribution in [1.82, 2.24) is 10.6 Å². The molecular formula is C11H20N2O3. The van der Waals surface area contributed by atoms with Gasteiger partial charge < -0.3 is 15.7 Å². The molecular weight excluding hydrogens is 208 g/mol. The van der Waals surface area contributed by atoms with Gasteiger partial charge in [0, 0.05) is 17.7 Å². The Morgan fingerprint density at radius 3 is 2.25 bits per heavy atom. The molecule has 0 aliphatic heterocycles. The Balaban J connectivity index is 3.98. The summed E-state index contributed by atoms with van der Waals surface area (Å²) in [6.45, 7) is 7.26. The van der Waals surface area contributed by atoms with E-state index < -0.39 is 5.97 Å². The predicted octanol–water partition coefficient (Wildman–Crippen LogP) is 0.523. The van der Waals surface area contributed by atoms with Crippen molar-refractivity contribution in [2.75, 3.05) is 19.6 Å². The molecule has 0 atom stereocenters. The summed E-state index contributed by atoms with van der Waals surface area (Å²) in [5.41, 5.74) is 0.347. The second-order valence-electron chi connectivity index (χ2n) is 3.52. The van der Waals surface area contributed by atoms with Gasteiger partial charge in [-0.05, 0) is 33.4 Å². The molecule has 0 aromatic carbocycles. The number of hydrogen-bond donors (Lipinski definition) is 3. The Morgan fingerprint density at radius 1 is 1.12 bits per heavy atom. The molecule has 1 amide bonds. The van der Waals surface area contributed by atoms with Gasteiger partial charge >= 0.3 is 5.97 Å². The molecule has 5 heteroatoms. The summed E-state index contributed by atoms with van der Waals surface area (Å²) < 4.78 is 0. The van der Waals surface area contributed by atoms with Gasteiger partial charge in [-0.1, -0.05) is 6.92 Å². The first-order valence-corrected chi connectivity index (χ1v) is 5.40. The zero-order valence-corrected chi connectivity index (χ0v) is 10.1. The lowest BCUT2D eigenvalue weighted by molar-refractivity contribution is -0.133. The molecule has 0 bridgehead atoms. The smallest absolute Gasteiger partial charge is 0.331 e. The van der Waals surface area contributed by atoms with Crippen molar-refractivity contribution >= 4 is 11.9 Å². The number of carboxylic acid groups (broad SMARTS) is 1. The Labute approximate surface area is 95.9 Å². The van der Waals surface area contributed by atoms with Gasteiger partial charge in [0.2, 0.25) is 5.91 Å². The molecule has 0 aliphatic rings. The summed E-state index contributed by atoms with van der Waals surface area (Å²) in [6.07, 6.45) is 0.832. The third-order valence-corrected chi connectivity index (χ3v) is 2.29. The van der Waals surface area contributed by atoms with E-state index >= 15 is 0 Å². The average molecular weight is 228 g/mol. The number of rotatable bonds is 7. The van der Waals surface area contributed by atoms with Gasteiger partial charge in [-0.15, -0.1) is 0 Å². The van der Waals surface area contributed by atoms with Crippen LogP contribution >= 0.6 is 0 Å². The highest BCUT2D eigenvalue weighted by Crippen LogP contribution is 2.03. The summed E-state index contributed by atoms with van der Waals surface area (Å²) in [4.78, 5) is 22.1. The average Bonchev–Trinajstić information content (AvgIpc) is 2.26. The van der Waals surface area contributed by atoms with Crippen molar-refractivity contribution in [3.05, 3.63) is 11.1 Å². The van der Waals surface area contributed by atoms with Crippen LogP contribution in [0.15, 0.2) is 11.1 Å². The number of nitrogens with one attached hydrogen (secondary N) is 2. The fraction of sp³-hybridized carbons (Fsp3) is 0.636. The summed E-state index contributed by atoms with van der Waals surface area (Å²) in [7, 11) is 0. The quantitative estimate of drug-likeness (QED) is 0.438. The van der Waals surface area contributed by atoms with Crippen LogP contribution < -0.4 is 10.6 Å². The highest BCUT2D eigenvalue weighted by atomic mass is 16.4. The van der Waals surface area contributed by atoms with Gasteiger partial charge in [-0.2, -0.15) is 0 Å². The topological polar surface area (TPSA) is 78.4 Å². The lowest BCUT2D eigenvalue weighted by Gasteiger charge is -2.07. The third kappa shape index (κ3) is 5.50. The number of carbonyl (C=O) groups is 2. The Hall–Kier alpha value is -1.36. The highest BCUT2D eigenvalue weighted by molar-refractivity contribution is 6.01. The van der Waals surface area contributed by atoms with Gasteiger partial charge in [0.25, 0.3) is 0 Å². The SMILES string of the molecule is CCNCCCNC(=O)C(C)=C(C)C(=O)O. The zero-order valence-electron chi connectivity index (χ0n) is 10.1. The molecule has 0 fully saturated rings. The number of hydrogen-bond acceptors (Lipinski definition) is 3. The van der Waals surface area contributed by atoms with Crippen molar-refractivity contribution < 1.29 is 14.7 Å². The van der Waals surface area contributed by atoms with Crippen LogP contribution in [0.1, 0.15) is 27.2 Å². The number of amides is 1. The normalized spacial score (nSPS) is 11.9. The first kappa shape index (κ1) is 14.6. The van der Waals surface area contributed by atoms with Gasteiger partial charge in [-0.25, -0.2) is 4.79 Å². The molecule has 0 aromatic rings. The molecule has 0 rings (SSSR count). The molecule has 16 heavy (non-hydrogen) atoms. The number of carboxylic acids is 1. The minimum absolute atomic E-state index is 0.0872. The van der Waals surface area contributed by atoms with Gasteiger partial charge in [0.1, 0.15) is 0 Å². The summed E-state index contributed by atoms with van der Waals surface area (Å²) in [5.74, 6) is -1.36. The van der Waals surface area contributed by atoms with E-state index in [9.17, 15) is 9.59 Å². The number of carbonyl (C=O) groups excluding carboxylic acids is 1. The molecule has 0 aromatic heterocycles. The summed E-state index contributed by atoms with van der Waals surface area (Å²) in [5, 5.41) is 14.5. The molecule has 0 saturated carbocycles. The monoisotopic (exact) mass is 228 g/mol. The highest BCUT2D eigenvalue weighted by Gasteiger charge is 2.11. The van der Waals surface area contributed by atoms with Crippen molar-refractivity contribution in [1.29, 1.82) is 0 Å². The van der Waals surface area contributed by atoms with Crippen molar-refractivity contribution in [2.24, 2.45) is 0 Å². The van der Waals surface area contributed by atoms with Crippen molar-refractivity contribution in [3.8, 4) is 0 Å². The molecule has 5 nitrogen and oxygen atoms in total. The molecule has 0 unspecified atom stereocenters. The Bertz CT molecular complexity index is 285. The molecule has 0 spiro atoms. The standard InChI is InChI=1S/C11H20N2O3/c1-4-12-6-5-7-13-10(14)8(2)9(3)11(15)16/h12H,4-7H2,1-3H3,(H,13,14)(H,15,16). The zero-order chi connectivity index (χ0) is 12.6. The minimum Gasteiger partial charge on any atom is -0.478 e. The van der Waals surface area contributed by atoms with Gasteiger partial charge in [-0.3, -0.25) is 4.79 Å². The molecule has 0 aliphatic carbocycles. The van der Waals surface area contributed by atoms with Crippen LogP contribution in [0.5, 0.6) is 0 Å². The molecule has 0 heterocycles. The molecule has 92 valence electrons. The van der Waals surface area contributed by atoms with Crippen LogP contribution in [0, 0.1) is 0 Å². The predicted molar refractivity (Wildman–Crippen MR) is 62.2 cm³/mol. The van der Waals surface area contributed by atoms with E-state index in [2.05, 4.69) is 10.6 Å². The van der Waals surface area contributed by atoms with E-state index in [1.807, 2.05) is 6.92 Å². The van der Waals surface area contributed by atoms with Crippen LogP contribution in [0.4, 0.5) is 0 Å². The summed E-state index contributed by atoms with van der Waals surface area (Å²) >= 11 is 0. The van der Waals surface area contributed by atoms with Gasteiger partial charge in [0.15, 0.2) is 0 Å². The van der Waals surface area contributed by atoms with E-state index in [0.29, 0.717) is 6.54 Å². The second kappa shape index (κ2) is 7.87. The van der Waals surface area contributed by atoms with Gasteiger partial charge in [0.05, 0.1) is 0 Å². The lowest BCUT2D eigenvalue weighted by Crippen LogP contribution is -2.28.